The third-order valence-corrected chi connectivity index (χ3v) is 4.67. The van der Waals surface area contributed by atoms with Gasteiger partial charge in [0.15, 0.2) is 0 Å². The fourth-order valence-corrected chi connectivity index (χ4v) is 3.17. The van der Waals surface area contributed by atoms with E-state index >= 15 is 0 Å². The van der Waals surface area contributed by atoms with Gasteiger partial charge in [0.2, 0.25) is 5.82 Å². The first-order valence-electron chi connectivity index (χ1n) is 9.53. The Morgan fingerprint density at radius 2 is 1.90 bits per heavy atom. The van der Waals surface area contributed by atoms with Gasteiger partial charge in [0.05, 0.1) is 23.6 Å². The van der Waals surface area contributed by atoms with Gasteiger partial charge in [-0.2, -0.15) is 10.1 Å². The van der Waals surface area contributed by atoms with Crippen LogP contribution in [0.4, 0.5) is 0 Å². The Morgan fingerprint density at radius 1 is 1.16 bits per heavy atom. The molecule has 0 bridgehead atoms. The molecule has 0 fully saturated rings. The Morgan fingerprint density at radius 3 is 2.55 bits per heavy atom. The van der Waals surface area contributed by atoms with E-state index in [1.807, 2.05) is 44.2 Å². The van der Waals surface area contributed by atoms with Crippen molar-refractivity contribution in [2.45, 2.75) is 26.5 Å². The zero-order valence-corrected chi connectivity index (χ0v) is 17.5. The van der Waals surface area contributed by atoms with E-state index in [9.17, 15) is 9.90 Å². The second-order valence-corrected chi connectivity index (χ2v) is 7.53. The first-order valence-corrected chi connectivity index (χ1v) is 9.91. The van der Waals surface area contributed by atoms with Gasteiger partial charge in [0.1, 0.15) is 11.4 Å². The fourth-order valence-electron chi connectivity index (χ4n) is 2.95. The highest BCUT2D eigenvalue weighted by atomic mass is 35.5. The normalized spacial score (nSPS) is 11.1. The van der Waals surface area contributed by atoms with Gasteiger partial charge < -0.3 is 19.2 Å². The van der Waals surface area contributed by atoms with Gasteiger partial charge in [0.25, 0.3) is 5.89 Å². The smallest absolute Gasteiger partial charge is 0.258 e. The molecule has 0 aliphatic carbocycles. The van der Waals surface area contributed by atoms with Crippen molar-refractivity contribution in [3.05, 3.63) is 71.0 Å². The van der Waals surface area contributed by atoms with E-state index in [1.54, 1.807) is 18.3 Å². The molecule has 9 heteroatoms. The molecule has 4 aromatic rings. The van der Waals surface area contributed by atoms with E-state index in [1.165, 1.54) is 10.7 Å². The number of aromatic carboxylic acids is 1. The van der Waals surface area contributed by atoms with E-state index < -0.39 is 5.97 Å². The number of aromatic nitrogens is 4. The number of carbonyl (C=O) groups is 1. The molecule has 2 aromatic carbocycles. The predicted octanol–water partition coefficient (Wildman–Crippen LogP) is 3.45. The number of carboxylic acids is 1. The lowest BCUT2D eigenvalue weighted by Crippen LogP contribution is -2.23. The Hall–Kier alpha value is -3.65. The Bertz CT molecular complexity index is 1210. The average Bonchev–Trinajstić information content (AvgIpc) is 3.40. The van der Waals surface area contributed by atoms with Crippen molar-refractivity contribution in [1.82, 2.24) is 19.9 Å². The van der Waals surface area contributed by atoms with Gasteiger partial charge in [-0.25, -0.2) is 0 Å². The molecule has 0 radical (unpaired) electrons. The molecule has 158 valence electrons. The van der Waals surface area contributed by atoms with Crippen molar-refractivity contribution >= 4 is 17.6 Å². The van der Waals surface area contributed by atoms with Crippen LogP contribution in [0.1, 0.15) is 29.9 Å². The summed E-state index contributed by atoms with van der Waals surface area (Å²) in [6.45, 7) is 4.29. The van der Waals surface area contributed by atoms with Gasteiger partial charge in [-0.05, 0) is 43.7 Å². The standard InChI is InChI=1S/C22H19ClN4O4/c1-13(2)30-19-8-7-16(11-17(19)23)21-24-20(26-31-21)15-5-3-14(4-6-15)12-27-10-9-18(25-27)22(28)29/h3-11,13H,12H2,1-2H3,(H,28,29)/p-1. The summed E-state index contributed by atoms with van der Waals surface area (Å²) in [5, 5.41) is 19.3. The van der Waals surface area contributed by atoms with Gasteiger partial charge >= 0.3 is 0 Å². The monoisotopic (exact) mass is 437 g/mol. The van der Waals surface area contributed by atoms with Crippen LogP contribution in [0.5, 0.6) is 5.75 Å². The van der Waals surface area contributed by atoms with E-state index in [-0.39, 0.29) is 11.8 Å². The number of benzene rings is 2. The summed E-state index contributed by atoms with van der Waals surface area (Å²) in [7, 11) is 0. The number of carboxylic acid groups (broad SMARTS) is 1. The van der Waals surface area contributed by atoms with Gasteiger partial charge in [-0.3, -0.25) is 4.68 Å². The maximum absolute atomic E-state index is 10.8. The van der Waals surface area contributed by atoms with Crippen molar-refractivity contribution in [2.24, 2.45) is 0 Å². The highest BCUT2D eigenvalue weighted by molar-refractivity contribution is 6.32. The second kappa shape index (κ2) is 8.61. The molecule has 0 aliphatic heterocycles. The molecule has 2 aromatic heterocycles. The summed E-state index contributed by atoms with van der Waals surface area (Å²) >= 11 is 6.29. The molecule has 0 spiro atoms. The highest BCUT2D eigenvalue weighted by Crippen LogP contribution is 2.31. The largest absolute Gasteiger partial charge is 0.543 e. The molecule has 0 aliphatic rings. The first kappa shape index (κ1) is 20.6. The van der Waals surface area contributed by atoms with Gasteiger partial charge in [-0.1, -0.05) is 41.0 Å². The van der Waals surface area contributed by atoms with Crippen molar-refractivity contribution in [3.8, 4) is 28.6 Å². The quantitative estimate of drug-likeness (QED) is 0.435. The highest BCUT2D eigenvalue weighted by Gasteiger charge is 2.13. The molecule has 31 heavy (non-hydrogen) atoms. The van der Waals surface area contributed by atoms with Crippen LogP contribution in [0.2, 0.25) is 5.02 Å². The summed E-state index contributed by atoms with van der Waals surface area (Å²) < 4.78 is 12.6. The summed E-state index contributed by atoms with van der Waals surface area (Å²) in [4.78, 5) is 15.3. The average molecular weight is 438 g/mol. The van der Waals surface area contributed by atoms with Crippen LogP contribution in [-0.2, 0) is 6.54 Å². The first-order chi connectivity index (χ1) is 14.9. The van der Waals surface area contributed by atoms with Gasteiger partial charge in [-0.15, -0.1) is 0 Å². The number of carbonyl (C=O) groups excluding carboxylic acids is 1. The molecule has 0 saturated carbocycles. The van der Waals surface area contributed by atoms with E-state index in [4.69, 9.17) is 20.9 Å². The number of nitrogens with zero attached hydrogens (tertiary/aromatic N) is 4. The lowest BCUT2D eigenvalue weighted by Gasteiger charge is -2.11. The zero-order valence-electron chi connectivity index (χ0n) is 16.8. The lowest BCUT2D eigenvalue weighted by atomic mass is 10.1. The van der Waals surface area contributed by atoms with Crippen LogP contribution < -0.4 is 9.84 Å². The molecule has 2 heterocycles. The van der Waals surface area contributed by atoms with Crippen molar-refractivity contribution < 1.29 is 19.2 Å². The number of rotatable bonds is 7. The van der Waals surface area contributed by atoms with Crippen LogP contribution >= 0.6 is 11.6 Å². The van der Waals surface area contributed by atoms with Crippen molar-refractivity contribution in [1.29, 1.82) is 0 Å². The van der Waals surface area contributed by atoms with E-state index in [0.29, 0.717) is 34.6 Å². The van der Waals surface area contributed by atoms with Crippen LogP contribution in [0.15, 0.2) is 59.3 Å². The molecule has 0 N–H and O–H groups in total. The molecule has 0 amide bonds. The van der Waals surface area contributed by atoms with Crippen LogP contribution in [0, 0.1) is 0 Å². The minimum absolute atomic E-state index is 0.0193. The van der Waals surface area contributed by atoms with Gasteiger partial charge in [0, 0.05) is 17.3 Å². The topological polar surface area (TPSA) is 106 Å². The third-order valence-electron chi connectivity index (χ3n) is 4.37. The molecular weight excluding hydrogens is 420 g/mol. The molecular formula is C22H18ClN4O4-. The van der Waals surface area contributed by atoms with Crippen LogP contribution in [-0.4, -0.2) is 32.0 Å². The second-order valence-electron chi connectivity index (χ2n) is 7.12. The molecule has 8 nitrogen and oxygen atoms in total. The van der Waals surface area contributed by atoms with E-state index in [0.717, 1.165) is 11.1 Å². The molecule has 0 atom stereocenters. The number of ether oxygens (including phenoxy) is 1. The van der Waals surface area contributed by atoms with Crippen LogP contribution in [0.3, 0.4) is 0 Å². The lowest BCUT2D eigenvalue weighted by molar-refractivity contribution is -0.255. The SMILES string of the molecule is CC(C)Oc1ccc(-c2nc(-c3ccc(Cn4ccc(C(=O)[O-])n4)cc3)no2)cc1Cl. The number of halogens is 1. The summed E-state index contributed by atoms with van der Waals surface area (Å²) in [6, 6.07) is 14.2. The maximum atomic E-state index is 10.8. The third kappa shape index (κ3) is 4.75. The summed E-state index contributed by atoms with van der Waals surface area (Å²) in [5.74, 6) is 0.0898. The Labute approximate surface area is 183 Å². The van der Waals surface area contributed by atoms with Crippen molar-refractivity contribution in [2.75, 3.05) is 0 Å². The van der Waals surface area contributed by atoms with Crippen LogP contribution in [0.25, 0.3) is 22.8 Å². The molecule has 0 unspecified atom stereocenters. The molecule has 0 saturated heterocycles. The van der Waals surface area contributed by atoms with Crippen molar-refractivity contribution in [3.63, 3.8) is 0 Å². The minimum atomic E-state index is -1.30. The Kier molecular flexibility index (Phi) is 5.73. The fraction of sp³-hybridized carbons (Fsp3) is 0.182. The van der Waals surface area contributed by atoms with E-state index in [2.05, 4.69) is 15.2 Å². The molecule has 4 rings (SSSR count). The summed E-state index contributed by atoms with van der Waals surface area (Å²) in [5.41, 5.74) is 2.31. The predicted molar refractivity (Wildman–Crippen MR) is 112 cm³/mol. The maximum Gasteiger partial charge on any atom is 0.258 e. The Balaban J connectivity index is 1.48. The number of hydrogen-bond donors (Lipinski definition) is 0. The minimum Gasteiger partial charge on any atom is -0.543 e. The zero-order chi connectivity index (χ0) is 22.0. The summed E-state index contributed by atoms with van der Waals surface area (Å²) in [6.07, 6.45) is 1.61. The number of hydrogen-bond acceptors (Lipinski definition) is 7.